The van der Waals surface area contributed by atoms with Crippen LogP contribution < -0.4 is 0 Å². The fraction of sp³-hybridized carbons (Fsp3) is 1.00. The van der Waals surface area contributed by atoms with Crippen LogP contribution in [-0.4, -0.2) is 88.6 Å². The Morgan fingerprint density at radius 1 is 0.654 bits per heavy atom. The molecular formula is C21H49N3OSi. The fourth-order valence-corrected chi connectivity index (χ4v) is 5.02. The number of rotatable bonds is 18. The van der Waals surface area contributed by atoms with E-state index in [0.29, 0.717) is 0 Å². The summed E-state index contributed by atoms with van der Waals surface area (Å²) in [6.07, 6.45) is 6.01. The van der Waals surface area contributed by atoms with E-state index >= 15 is 0 Å². The van der Waals surface area contributed by atoms with Crippen LogP contribution in [0.25, 0.3) is 0 Å². The van der Waals surface area contributed by atoms with Crippen LogP contribution in [0.3, 0.4) is 0 Å². The molecule has 0 N–H and O–H groups in total. The molecule has 0 saturated heterocycles. The normalized spacial score (nSPS) is 13.2. The van der Waals surface area contributed by atoms with E-state index < -0.39 is 9.76 Å². The second kappa shape index (κ2) is 16.1. The van der Waals surface area contributed by atoms with Crippen LogP contribution in [0.15, 0.2) is 0 Å². The zero-order chi connectivity index (χ0) is 19.8. The van der Waals surface area contributed by atoms with Gasteiger partial charge in [-0.3, -0.25) is 0 Å². The van der Waals surface area contributed by atoms with E-state index in [2.05, 4.69) is 63.2 Å². The van der Waals surface area contributed by atoms with E-state index in [-0.39, 0.29) is 5.60 Å². The van der Waals surface area contributed by atoms with Gasteiger partial charge in [-0.15, -0.1) is 0 Å². The third-order valence-electron chi connectivity index (χ3n) is 6.04. The fourth-order valence-electron chi connectivity index (χ4n) is 3.33. The Bertz CT molecular complexity index is 288. The van der Waals surface area contributed by atoms with Gasteiger partial charge in [0.25, 0.3) is 0 Å². The zero-order valence-electron chi connectivity index (χ0n) is 19.1. The molecule has 0 heterocycles. The van der Waals surface area contributed by atoms with Crippen molar-refractivity contribution in [3.63, 3.8) is 0 Å². The average Bonchev–Trinajstić information content (AvgIpc) is 2.67. The molecule has 0 bridgehead atoms. The zero-order valence-corrected chi connectivity index (χ0v) is 20.6. The highest BCUT2D eigenvalue weighted by molar-refractivity contribution is 6.27. The van der Waals surface area contributed by atoms with Crippen molar-refractivity contribution in [1.29, 1.82) is 0 Å². The Labute approximate surface area is 167 Å². The van der Waals surface area contributed by atoms with Crippen molar-refractivity contribution in [2.75, 3.05) is 58.5 Å². The molecule has 0 aromatic heterocycles. The maximum absolute atomic E-state index is 6.37. The van der Waals surface area contributed by atoms with Crippen LogP contribution in [0, 0.1) is 0 Å². The van der Waals surface area contributed by atoms with Crippen molar-refractivity contribution in [3.8, 4) is 0 Å². The summed E-state index contributed by atoms with van der Waals surface area (Å²) in [7, 11) is -0.479. The van der Waals surface area contributed by atoms with Crippen LogP contribution in [0.5, 0.6) is 0 Å². The summed E-state index contributed by atoms with van der Waals surface area (Å²) in [6, 6.07) is 0. The van der Waals surface area contributed by atoms with E-state index in [0.717, 1.165) is 12.8 Å². The highest BCUT2D eigenvalue weighted by Crippen LogP contribution is 2.18. The summed E-state index contributed by atoms with van der Waals surface area (Å²) in [5.41, 5.74) is 0.111. The van der Waals surface area contributed by atoms with Gasteiger partial charge >= 0.3 is 0 Å². The third-order valence-corrected chi connectivity index (χ3v) is 7.76. The van der Waals surface area contributed by atoms with Crippen LogP contribution in [0.1, 0.15) is 74.1 Å². The molecule has 0 unspecified atom stereocenters. The predicted molar refractivity (Wildman–Crippen MR) is 120 cm³/mol. The first-order chi connectivity index (χ1) is 12.5. The Balaban J connectivity index is 4.38. The number of nitrogens with zero attached hydrogens (tertiary/aromatic N) is 3. The van der Waals surface area contributed by atoms with E-state index in [1.807, 2.05) is 0 Å². The summed E-state index contributed by atoms with van der Waals surface area (Å²) < 4.78 is 6.37. The molecule has 26 heavy (non-hydrogen) atoms. The SMILES string of the molecule is CCN(CC)CCCN(CCCN(CC)CC)C[SiH2]OC(C)(CC)CC. The first-order valence-corrected chi connectivity index (χ1v) is 12.9. The molecule has 0 atom stereocenters. The summed E-state index contributed by atoms with van der Waals surface area (Å²) in [6.45, 7) is 25.4. The molecular weight excluding hydrogens is 338 g/mol. The van der Waals surface area contributed by atoms with E-state index in [4.69, 9.17) is 4.43 Å². The highest BCUT2D eigenvalue weighted by atomic mass is 28.2. The molecule has 0 aromatic carbocycles. The minimum Gasteiger partial charge on any atom is -0.418 e. The maximum Gasteiger partial charge on any atom is 0.176 e. The molecule has 0 fully saturated rings. The average molecular weight is 388 g/mol. The lowest BCUT2D eigenvalue weighted by atomic mass is 10.0. The Kier molecular flexibility index (Phi) is 16.1. The van der Waals surface area contributed by atoms with Gasteiger partial charge in [0.05, 0.1) is 5.60 Å². The molecule has 5 heteroatoms. The predicted octanol–water partition coefficient (Wildman–Crippen LogP) is 3.39. The molecule has 4 nitrogen and oxygen atoms in total. The minimum atomic E-state index is -0.479. The molecule has 0 aliphatic rings. The lowest BCUT2D eigenvalue weighted by molar-refractivity contribution is 0.0812. The van der Waals surface area contributed by atoms with E-state index in [9.17, 15) is 0 Å². The molecule has 0 aliphatic heterocycles. The molecule has 0 rings (SSSR count). The summed E-state index contributed by atoms with van der Waals surface area (Å²) >= 11 is 0. The van der Waals surface area contributed by atoms with Gasteiger partial charge in [0, 0.05) is 6.17 Å². The Morgan fingerprint density at radius 2 is 1.04 bits per heavy atom. The van der Waals surface area contributed by atoms with Gasteiger partial charge in [0.1, 0.15) is 0 Å². The number of hydrogen-bond acceptors (Lipinski definition) is 4. The van der Waals surface area contributed by atoms with E-state index in [1.54, 1.807) is 0 Å². The lowest BCUT2D eigenvalue weighted by Gasteiger charge is -2.30. The Morgan fingerprint density at radius 3 is 1.38 bits per heavy atom. The van der Waals surface area contributed by atoms with Crippen molar-refractivity contribution in [2.45, 2.75) is 79.8 Å². The molecule has 0 aliphatic carbocycles. The van der Waals surface area contributed by atoms with Crippen LogP contribution in [0.2, 0.25) is 0 Å². The lowest BCUT2D eigenvalue weighted by Crippen LogP contribution is -2.38. The standard InChI is InChI=1S/C21H49N3OSi/c1-8-21(7,9-2)25-26-20-24(18-14-16-22(10-3)11-4)19-15-17-23(12-5)13-6/h8-20,26H2,1-7H3. The van der Waals surface area contributed by atoms with Crippen molar-refractivity contribution >= 4 is 9.76 Å². The van der Waals surface area contributed by atoms with Crippen molar-refractivity contribution in [1.82, 2.24) is 14.7 Å². The molecule has 0 aromatic rings. The first-order valence-electron chi connectivity index (χ1n) is 11.3. The molecule has 0 radical (unpaired) electrons. The van der Waals surface area contributed by atoms with Crippen molar-refractivity contribution in [2.24, 2.45) is 0 Å². The van der Waals surface area contributed by atoms with Gasteiger partial charge < -0.3 is 19.1 Å². The molecule has 0 amide bonds. The molecule has 0 spiro atoms. The Hall–Kier alpha value is 0.0569. The van der Waals surface area contributed by atoms with Gasteiger partial charge in [-0.25, -0.2) is 0 Å². The summed E-state index contributed by atoms with van der Waals surface area (Å²) in [5, 5.41) is 0. The second-order valence-electron chi connectivity index (χ2n) is 7.61. The first kappa shape index (κ1) is 26.1. The highest BCUT2D eigenvalue weighted by Gasteiger charge is 2.20. The maximum atomic E-state index is 6.37. The van der Waals surface area contributed by atoms with E-state index in [1.165, 1.54) is 71.4 Å². The quantitative estimate of drug-likeness (QED) is 0.336. The molecule has 158 valence electrons. The minimum absolute atomic E-state index is 0.111. The second-order valence-corrected chi connectivity index (χ2v) is 8.75. The number of hydrogen-bond donors (Lipinski definition) is 0. The van der Waals surface area contributed by atoms with Crippen molar-refractivity contribution in [3.05, 3.63) is 0 Å². The summed E-state index contributed by atoms with van der Waals surface area (Å²) in [4.78, 5) is 7.76. The van der Waals surface area contributed by atoms with Gasteiger partial charge in [0.2, 0.25) is 0 Å². The van der Waals surface area contributed by atoms with Crippen molar-refractivity contribution < 1.29 is 4.43 Å². The van der Waals surface area contributed by atoms with Crippen LogP contribution in [0.4, 0.5) is 0 Å². The van der Waals surface area contributed by atoms with Crippen LogP contribution in [-0.2, 0) is 4.43 Å². The largest absolute Gasteiger partial charge is 0.418 e. The van der Waals surface area contributed by atoms with Crippen LogP contribution >= 0.6 is 0 Å². The monoisotopic (exact) mass is 387 g/mol. The van der Waals surface area contributed by atoms with Gasteiger partial charge in [-0.1, -0.05) is 41.5 Å². The van der Waals surface area contributed by atoms with Gasteiger partial charge in [-0.05, 0) is 85.0 Å². The van der Waals surface area contributed by atoms with Gasteiger partial charge in [0.15, 0.2) is 9.76 Å². The summed E-state index contributed by atoms with van der Waals surface area (Å²) in [5.74, 6) is 0. The third kappa shape index (κ3) is 11.7. The van der Waals surface area contributed by atoms with Gasteiger partial charge in [-0.2, -0.15) is 0 Å². The topological polar surface area (TPSA) is 19.0 Å². The smallest absolute Gasteiger partial charge is 0.176 e. The molecule has 0 saturated carbocycles.